The summed E-state index contributed by atoms with van der Waals surface area (Å²) in [6, 6.07) is 4.79. The maximum Gasteiger partial charge on any atom is 0.289 e. The second kappa shape index (κ2) is 8.35. The third kappa shape index (κ3) is 4.20. The summed E-state index contributed by atoms with van der Waals surface area (Å²) in [7, 11) is -3.68. The average Bonchev–Trinajstić information content (AvgIpc) is 3.24. The molecule has 0 aliphatic carbocycles. The molecule has 0 unspecified atom stereocenters. The molecule has 0 N–H and O–H groups in total. The molecular weight excluding hydrogens is 406 g/mol. The zero-order valence-corrected chi connectivity index (χ0v) is 18.2. The van der Waals surface area contributed by atoms with E-state index in [1.807, 2.05) is 19.9 Å². The van der Waals surface area contributed by atoms with E-state index in [0.29, 0.717) is 39.3 Å². The summed E-state index contributed by atoms with van der Waals surface area (Å²) in [6.07, 6.45) is 2.73. The average molecular weight is 434 g/mol. The van der Waals surface area contributed by atoms with E-state index in [4.69, 9.17) is 4.42 Å². The molecule has 4 rings (SSSR count). The van der Waals surface area contributed by atoms with Gasteiger partial charge in [-0.25, -0.2) is 18.4 Å². The summed E-state index contributed by atoms with van der Waals surface area (Å²) in [5.41, 5.74) is 0.911. The molecular formula is C20H27N5O4S. The standard InChI is InChI=1S/C20H27N5O4S/c1-15-14-18(22-16(2)21-15)23-10-12-24(13-11-23)20(26)17-6-7-19(29-17)30(27,28)25-8-4-3-5-9-25/h6-7,14H,3-5,8-13H2,1-2H3. The van der Waals surface area contributed by atoms with Crippen LogP contribution in [0, 0.1) is 13.8 Å². The van der Waals surface area contributed by atoms with Gasteiger partial charge in [0.2, 0.25) is 5.09 Å². The van der Waals surface area contributed by atoms with Crippen molar-refractivity contribution < 1.29 is 17.6 Å². The number of sulfonamides is 1. The molecule has 2 fully saturated rings. The predicted molar refractivity (Wildman–Crippen MR) is 111 cm³/mol. The molecule has 2 aromatic rings. The van der Waals surface area contributed by atoms with Gasteiger partial charge in [-0.2, -0.15) is 4.31 Å². The minimum absolute atomic E-state index is 0.0627. The van der Waals surface area contributed by atoms with Crippen molar-refractivity contribution >= 4 is 21.7 Å². The lowest BCUT2D eigenvalue weighted by Gasteiger charge is -2.35. The number of aryl methyl sites for hydroxylation is 2. The van der Waals surface area contributed by atoms with Crippen molar-refractivity contribution in [3.63, 3.8) is 0 Å². The van der Waals surface area contributed by atoms with E-state index in [-0.39, 0.29) is 16.8 Å². The van der Waals surface area contributed by atoms with Crippen molar-refractivity contribution in [1.29, 1.82) is 0 Å². The Morgan fingerprint density at radius 3 is 2.33 bits per heavy atom. The van der Waals surface area contributed by atoms with Crippen molar-refractivity contribution in [3.05, 3.63) is 35.5 Å². The molecule has 0 bridgehead atoms. The number of aromatic nitrogens is 2. The van der Waals surface area contributed by atoms with Crippen molar-refractivity contribution in [2.45, 2.75) is 38.2 Å². The quantitative estimate of drug-likeness (QED) is 0.725. The van der Waals surface area contributed by atoms with Crippen molar-refractivity contribution in [2.24, 2.45) is 0 Å². The van der Waals surface area contributed by atoms with Gasteiger partial charge in [-0.1, -0.05) is 6.42 Å². The second-order valence-electron chi connectivity index (χ2n) is 7.78. The number of anilines is 1. The van der Waals surface area contributed by atoms with Gasteiger partial charge in [0, 0.05) is 51.0 Å². The number of rotatable bonds is 4. The van der Waals surface area contributed by atoms with Crippen LogP contribution in [0.1, 0.15) is 41.3 Å². The van der Waals surface area contributed by atoms with Crippen LogP contribution in [-0.4, -0.2) is 72.8 Å². The lowest BCUT2D eigenvalue weighted by molar-refractivity contribution is 0.0708. The molecule has 0 spiro atoms. The fraction of sp³-hybridized carbons (Fsp3) is 0.550. The van der Waals surface area contributed by atoms with Crippen LogP contribution < -0.4 is 4.90 Å². The monoisotopic (exact) mass is 433 g/mol. The van der Waals surface area contributed by atoms with Gasteiger partial charge in [-0.15, -0.1) is 0 Å². The minimum Gasteiger partial charge on any atom is -0.438 e. The molecule has 9 nitrogen and oxygen atoms in total. The highest BCUT2D eigenvalue weighted by Gasteiger charge is 2.31. The van der Waals surface area contributed by atoms with Crippen LogP contribution in [0.25, 0.3) is 0 Å². The van der Waals surface area contributed by atoms with Crippen LogP contribution in [0.3, 0.4) is 0 Å². The SMILES string of the molecule is Cc1cc(N2CCN(C(=O)c3ccc(S(=O)(=O)N4CCCCC4)o3)CC2)nc(C)n1. The van der Waals surface area contributed by atoms with Gasteiger partial charge >= 0.3 is 0 Å². The Balaban J connectivity index is 1.41. The molecule has 4 heterocycles. The van der Waals surface area contributed by atoms with Gasteiger partial charge in [-0.3, -0.25) is 4.79 Å². The fourth-order valence-electron chi connectivity index (χ4n) is 3.96. The zero-order chi connectivity index (χ0) is 21.3. The molecule has 2 saturated heterocycles. The van der Waals surface area contributed by atoms with Crippen LogP contribution >= 0.6 is 0 Å². The molecule has 10 heteroatoms. The van der Waals surface area contributed by atoms with Gasteiger partial charge in [0.25, 0.3) is 15.9 Å². The maximum atomic E-state index is 12.8. The number of furan rings is 1. The Hall–Kier alpha value is -2.46. The van der Waals surface area contributed by atoms with Gasteiger partial charge in [-0.05, 0) is 38.8 Å². The Kier molecular flexibility index (Phi) is 5.79. The highest BCUT2D eigenvalue weighted by Crippen LogP contribution is 2.24. The van der Waals surface area contributed by atoms with Gasteiger partial charge < -0.3 is 14.2 Å². The summed E-state index contributed by atoms with van der Waals surface area (Å²) in [5, 5.41) is -0.154. The Labute approximate surface area is 176 Å². The topological polar surface area (TPSA) is 99.9 Å². The van der Waals surface area contributed by atoms with Gasteiger partial charge in [0.15, 0.2) is 5.76 Å². The second-order valence-corrected chi connectivity index (χ2v) is 9.65. The molecule has 30 heavy (non-hydrogen) atoms. The molecule has 2 aliphatic heterocycles. The number of carbonyl (C=O) groups is 1. The Morgan fingerprint density at radius 2 is 1.67 bits per heavy atom. The highest BCUT2D eigenvalue weighted by atomic mass is 32.2. The summed E-state index contributed by atoms with van der Waals surface area (Å²) < 4.78 is 32.4. The summed E-state index contributed by atoms with van der Waals surface area (Å²) >= 11 is 0. The molecule has 0 saturated carbocycles. The molecule has 0 radical (unpaired) electrons. The van der Waals surface area contributed by atoms with E-state index in [2.05, 4.69) is 14.9 Å². The lowest BCUT2D eigenvalue weighted by Crippen LogP contribution is -2.49. The molecule has 162 valence electrons. The number of piperidine rings is 1. The first-order valence-electron chi connectivity index (χ1n) is 10.3. The number of amides is 1. The van der Waals surface area contributed by atoms with Crippen molar-refractivity contribution in [2.75, 3.05) is 44.2 Å². The van der Waals surface area contributed by atoms with Crippen LogP contribution in [-0.2, 0) is 10.0 Å². The molecule has 0 atom stereocenters. The van der Waals surface area contributed by atoms with E-state index in [1.54, 1.807) is 4.90 Å². The molecule has 1 amide bonds. The number of hydrogen-bond donors (Lipinski definition) is 0. The molecule has 2 aromatic heterocycles. The minimum atomic E-state index is -3.68. The number of hydrogen-bond acceptors (Lipinski definition) is 7. The third-order valence-corrected chi connectivity index (χ3v) is 7.32. The van der Waals surface area contributed by atoms with E-state index >= 15 is 0 Å². The normalized spacial score (nSPS) is 18.6. The number of nitrogens with zero attached hydrogens (tertiary/aromatic N) is 5. The summed E-state index contributed by atoms with van der Waals surface area (Å²) in [6.45, 7) is 7.09. The van der Waals surface area contributed by atoms with E-state index in [9.17, 15) is 13.2 Å². The fourth-order valence-corrected chi connectivity index (χ4v) is 5.39. The smallest absolute Gasteiger partial charge is 0.289 e. The van der Waals surface area contributed by atoms with Gasteiger partial charge in [0.1, 0.15) is 11.6 Å². The third-order valence-electron chi connectivity index (χ3n) is 5.54. The first-order chi connectivity index (χ1) is 14.3. The Bertz CT molecular complexity index is 1000. The van der Waals surface area contributed by atoms with E-state index < -0.39 is 10.0 Å². The van der Waals surface area contributed by atoms with E-state index in [0.717, 1.165) is 36.6 Å². The van der Waals surface area contributed by atoms with Crippen LogP contribution in [0.15, 0.2) is 27.7 Å². The predicted octanol–water partition coefficient (Wildman–Crippen LogP) is 1.82. The summed E-state index contributed by atoms with van der Waals surface area (Å²) in [4.78, 5) is 25.4. The van der Waals surface area contributed by atoms with Crippen LogP contribution in [0.4, 0.5) is 5.82 Å². The molecule has 2 aliphatic rings. The van der Waals surface area contributed by atoms with E-state index in [1.165, 1.54) is 16.4 Å². The van der Waals surface area contributed by atoms with Gasteiger partial charge in [0.05, 0.1) is 0 Å². The number of carbonyl (C=O) groups excluding carboxylic acids is 1. The molecule has 0 aromatic carbocycles. The first kappa shape index (κ1) is 20.8. The lowest BCUT2D eigenvalue weighted by atomic mass is 10.2. The number of piperazine rings is 1. The van der Waals surface area contributed by atoms with Crippen molar-refractivity contribution in [1.82, 2.24) is 19.2 Å². The Morgan fingerprint density at radius 1 is 0.967 bits per heavy atom. The first-order valence-corrected chi connectivity index (χ1v) is 11.7. The van der Waals surface area contributed by atoms with Crippen molar-refractivity contribution in [3.8, 4) is 0 Å². The van der Waals surface area contributed by atoms with Crippen LogP contribution in [0.2, 0.25) is 0 Å². The summed E-state index contributed by atoms with van der Waals surface area (Å²) in [5.74, 6) is 1.36. The van der Waals surface area contributed by atoms with Crippen LogP contribution in [0.5, 0.6) is 0 Å². The largest absolute Gasteiger partial charge is 0.438 e. The zero-order valence-electron chi connectivity index (χ0n) is 17.4. The maximum absolute atomic E-state index is 12.8. The highest BCUT2D eigenvalue weighted by molar-refractivity contribution is 7.89.